The quantitative estimate of drug-likeness (QED) is 0.715. The van der Waals surface area contributed by atoms with Gasteiger partial charge in [0, 0.05) is 6.42 Å². The summed E-state index contributed by atoms with van der Waals surface area (Å²) in [6, 6.07) is 0. The van der Waals surface area contributed by atoms with E-state index in [4.69, 9.17) is 4.42 Å². The second kappa shape index (κ2) is 4.08. The Morgan fingerprint density at radius 2 is 2.31 bits per heavy atom. The first-order valence-corrected chi connectivity index (χ1v) is 5.36. The maximum atomic E-state index is 11.9. The average molecular weight is 217 g/mol. The summed E-state index contributed by atoms with van der Waals surface area (Å²) in [5.41, 5.74) is 3.64. The average Bonchev–Trinajstić information content (AvgIpc) is 2.74. The predicted octanol–water partition coefficient (Wildman–Crippen LogP) is 3.00. The van der Waals surface area contributed by atoms with Gasteiger partial charge in [0.15, 0.2) is 12.2 Å². The van der Waals surface area contributed by atoms with Crippen molar-refractivity contribution in [1.82, 2.24) is 4.98 Å². The molecule has 0 bridgehead atoms. The minimum atomic E-state index is 0.192. The van der Waals surface area contributed by atoms with Crippen LogP contribution in [0.5, 0.6) is 0 Å². The van der Waals surface area contributed by atoms with Gasteiger partial charge in [-0.25, -0.2) is 4.98 Å². The fourth-order valence-corrected chi connectivity index (χ4v) is 2.02. The molecule has 0 spiro atoms. The van der Waals surface area contributed by atoms with Crippen LogP contribution < -0.4 is 0 Å². The van der Waals surface area contributed by atoms with Gasteiger partial charge in [-0.05, 0) is 37.3 Å². The first kappa shape index (κ1) is 10.9. The summed E-state index contributed by atoms with van der Waals surface area (Å²) in [6.07, 6.45) is 4.39. The van der Waals surface area contributed by atoms with Gasteiger partial charge in [0.2, 0.25) is 0 Å². The molecule has 3 heteroatoms. The molecule has 3 nitrogen and oxygen atoms in total. The van der Waals surface area contributed by atoms with E-state index in [1.807, 2.05) is 13.8 Å². The number of carbonyl (C=O) groups is 1. The molecule has 1 atom stereocenters. The van der Waals surface area contributed by atoms with Gasteiger partial charge in [0.25, 0.3) is 0 Å². The van der Waals surface area contributed by atoms with Crippen LogP contribution in [0.4, 0.5) is 0 Å². The van der Waals surface area contributed by atoms with E-state index >= 15 is 0 Å². The molecule has 84 valence electrons. The van der Waals surface area contributed by atoms with Gasteiger partial charge in [0.05, 0.1) is 0 Å². The van der Waals surface area contributed by atoms with Crippen LogP contribution in [-0.2, 0) is 4.79 Å². The van der Waals surface area contributed by atoms with Crippen LogP contribution in [0.3, 0.4) is 0 Å². The lowest BCUT2D eigenvalue weighted by molar-refractivity contribution is -0.116. The molecule has 0 aliphatic heterocycles. The molecule has 2 rings (SSSR count). The van der Waals surface area contributed by atoms with Crippen molar-refractivity contribution in [2.75, 3.05) is 0 Å². The molecule has 0 N–H and O–H groups in total. The van der Waals surface area contributed by atoms with E-state index in [2.05, 4.69) is 11.6 Å². The molecule has 0 saturated carbocycles. The SMILES string of the molecule is C=C(C)C1CC(=O)C(C)=C(c2cocn2)C1. The summed E-state index contributed by atoms with van der Waals surface area (Å²) in [6.45, 7) is 7.77. The number of allylic oxidation sites excluding steroid dienone is 3. The zero-order chi connectivity index (χ0) is 11.7. The molecule has 0 amide bonds. The van der Waals surface area contributed by atoms with Crippen LogP contribution >= 0.6 is 0 Å². The number of nitrogens with zero attached hydrogens (tertiary/aromatic N) is 1. The maximum Gasteiger partial charge on any atom is 0.181 e. The van der Waals surface area contributed by atoms with E-state index in [1.165, 1.54) is 6.39 Å². The van der Waals surface area contributed by atoms with Crippen molar-refractivity contribution in [3.05, 3.63) is 36.1 Å². The Balaban J connectivity index is 2.38. The normalized spacial score (nSPS) is 21.4. The summed E-state index contributed by atoms with van der Waals surface area (Å²) in [4.78, 5) is 16.0. The third kappa shape index (κ3) is 1.85. The molecule has 0 saturated heterocycles. The minimum absolute atomic E-state index is 0.192. The summed E-state index contributed by atoms with van der Waals surface area (Å²) in [5, 5.41) is 0. The Morgan fingerprint density at radius 1 is 1.56 bits per heavy atom. The smallest absolute Gasteiger partial charge is 0.181 e. The van der Waals surface area contributed by atoms with Crippen LogP contribution in [0.1, 0.15) is 32.4 Å². The highest BCUT2D eigenvalue weighted by molar-refractivity contribution is 6.03. The van der Waals surface area contributed by atoms with Gasteiger partial charge >= 0.3 is 0 Å². The standard InChI is InChI=1S/C13H15NO2/c1-8(2)10-4-11(9(3)13(15)5-10)12-6-16-7-14-12/h6-7,10H,1,4-5H2,2-3H3. The third-order valence-corrected chi connectivity index (χ3v) is 3.19. The fourth-order valence-electron chi connectivity index (χ4n) is 2.02. The molecule has 1 aromatic rings. The second-order valence-corrected chi connectivity index (χ2v) is 4.35. The van der Waals surface area contributed by atoms with Gasteiger partial charge in [-0.3, -0.25) is 4.79 Å². The van der Waals surface area contributed by atoms with Crippen molar-refractivity contribution < 1.29 is 9.21 Å². The summed E-state index contributed by atoms with van der Waals surface area (Å²) in [5.74, 6) is 0.431. The van der Waals surface area contributed by atoms with Crippen LogP contribution in [0, 0.1) is 5.92 Å². The van der Waals surface area contributed by atoms with Gasteiger partial charge in [-0.15, -0.1) is 0 Å². The number of carbonyl (C=O) groups excluding carboxylic acids is 1. The lowest BCUT2D eigenvalue weighted by Crippen LogP contribution is -2.18. The van der Waals surface area contributed by atoms with Crippen molar-refractivity contribution in [1.29, 1.82) is 0 Å². The minimum Gasteiger partial charge on any atom is -0.451 e. The monoisotopic (exact) mass is 217 g/mol. The van der Waals surface area contributed by atoms with Crippen LogP contribution in [0.25, 0.3) is 5.57 Å². The summed E-state index contributed by atoms with van der Waals surface area (Å²) < 4.78 is 4.97. The number of Topliss-reactive ketones (excluding diaryl/α,β-unsaturated/α-hetero) is 1. The van der Waals surface area contributed by atoms with E-state index in [-0.39, 0.29) is 11.7 Å². The second-order valence-electron chi connectivity index (χ2n) is 4.35. The number of oxazole rings is 1. The fraction of sp³-hybridized carbons (Fsp3) is 0.385. The molecular weight excluding hydrogens is 202 g/mol. The zero-order valence-electron chi connectivity index (χ0n) is 9.62. The molecule has 1 unspecified atom stereocenters. The highest BCUT2D eigenvalue weighted by atomic mass is 16.3. The number of hydrogen-bond donors (Lipinski definition) is 0. The first-order chi connectivity index (χ1) is 7.59. The van der Waals surface area contributed by atoms with Crippen LogP contribution in [0.2, 0.25) is 0 Å². The van der Waals surface area contributed by atoms with Crippen molar-refractivity contribution in [2.24, 2.45) is 5.92 Å². The van der Waals surface area contributed by atoms with Crippen molar-refractivity contribution in [3.63, 3.8) is 0 Å². The molecule has 1 heterocycles. The molecule has 0 fully saturated rings. The largest absolute Gasteiger partial charge is 0.451 e. The van der Waals surface area contributed by atoms with Crippen molar-refractivity contribution >= 4 is 11.4 Å². The number of aromatic nitrogens is 1. The molecule has 1 aliphatic carbocycles. The lowest BCUT2D eigenvalue weighted by atomic mass is 9.79. The molecule has 1 aromatic heterocycles. The first-order valence-electron chi connectivity index (χ1n) is 5.36. The Kier molecular flexibility index (Phi) is 2.77. The lowest BCUT2D eigenvalue weighted by Gasteiger charge is -2.24. The van der Waals surface area contributed by atoms with Crippen LogP contribution in [0.15, 0.2) is 34.8 Å². The van der Waals surface area contributed by atoms with Crippen molar-refractivity contribution in [3.8, 4) is 0 Å². The van der Waals surface area contributed by atoms with E-state index in [9.17, 15) is 4.79 Å². The molecule has 0 aromatic carbocycles. The van der Waals surface area contributed by atoms with Crippen molar-refractivity contribution in [2.45, 2.75) is 26.7 Å². The Morgan fingerprint density at radius 3 is 2.88 bits per heavy atom. The summed E-state index contributed by atoms with van der Waals surface area (Å²) in [7, 11) is 0. The predicted molar refractivity (Wildman–Crippen MR) is 61.6 cm³/mol. The van der Waals surface area contributed by atoms with E-state index in [0.717, 1.165) is 28.8 Å². The topological polar surface area (TPSA) is 43.1 Å². The Hall–Kier alpha value is -1.64. The third-order valence-electron chi connectivity index (χ3n) is 3.19. The van der Waals surface area contributed by atoms with Gasteiger partial charge in [0.1, 0.15) is 12.0 Å². The highest BCUT2D eigenvalue weighted by Crippen LogP contribution is 2.35. The Labute approximate surface area is 94.9 Å². The molecule has 1 aliphatic rings. The van der Waals surface area contributed by atoms with E-state index in [0.29, 0.717) is 6.42 Å². The van der Waals surface area contributed by atoms with E-state index < -0.39 is 0 Å². The van der Waals surface area contributed by atoms with Gasteiger partial charge in [-0.2, -0.15) is 0 Å². The molecular formula is C13H15NO2. The number of hydrogen-bond acceptors (Lipinski definition) is 3. The highest BCUT2D eigenvalue weighted by Gasteiger charge is 2.27. The zero-order valence-corrected chi connectivity index (χ0v) is 9.62. The Bertz CT molecular complexity index is 454. The van der Waals surface area contributed by atoms with Gasteiger partial charge in [-0.1, -0.05) is 12.2 Å². The van der Waals surface area contributed by atoms with Gasteiger partial charge < -0.3 is 4.42 Å². The maximum absolute atomic E-state index is 11.9. The van der Waals surface area contributed by atoms with Crippen LogP contribution in [-0.4, -0.2) is 10.8 Å². The number of ketones is 1. The number of rotatable bonds is 2. The summed E-state index contributed by atoms with van der Waals surface area (Å²) >= 11 is 0. The molecule has 16 heavy (non-hydrogen) atoms. The molecule has 0 radical (unpaired) electrons. The van der Waals surface area contributed by atoms with E-state index in [1.54, 1.807) is 6.26 Å².